The molecule has 34 heavy (non-hydrogen) atoms. The summed E-state index contributed by atoms with van der Waals surface area (Å²) in [4.78, 5) is 32.3. The monoisotopic (exact) mass is 497 g/mol. The SMILES string of the molecule is CCCOC(=O)[C@H](CCSC[C@H]1O[C@@H](n2ccc3c(N)ncnc32)[C@H](O)[C@@H]1O)NC(=O)COC. The summed E-state index contributed by atoms with van der Waals surface area (Å²) in [6.45, 7) is 2.00. The minimum absolute atomic E-state index is 0.156. The van der Waals surface area contributed by atoms with Crippen molar-refractivity contribution in [2.45, 2.75) is 50.3 Å². The highest BCUT2D eigenvalue weighted by molar-refractivity contribution is 7.99. The number of nitrogens with one attached hydrogen (secondary N) is 1. The number of aromatic nitrogens is 3. The molecular weight excluding hydrogens is 466 g/mol. The summed E-state index contributed by atoms with van der Waals surface area (Å²) in [7, 11) is 1.40. The van der Waals surface area contributed by atoms with Gasteiger partial charge in [-0.05, 0) is 24.7 Å². The third-order valence-corrected chi connectivity index (χ3v) is 6.42. The summed E-state index contributed by atoms with van der Waals surface area (Å²) in [6, 6.07) is 0.927. The lowest BCUT2D eigenvalue weighted by molar-refractivity contribution is -0.148. The quantitative estimate of drug-likeness (QED) is 0.227. The van der Waals surface area contributed by atoms with Crippen LogP contribution in [-0.2, 0) is 23.8 Å². The van der Waals surface area contributed by atoms with Gasteiger partial charge in [0.1, 0.15) is 42.6 Å². The second-order valence-corrected chi connectivity index (χ2v) is 9.00. The molecule has 1 aliphatic heterocycles. The summed E-state index contributed by atoms with van der Waals surface area (Å²) in [5.41, 5.74) is 6.37. The maximum absolute atomic E-state index is 12.3. The molecular formula is C21H31N5O7S. The Kier molecular flexibility index (Phi) is 9.47. The number of aliphatic hydroxyl groups excluding tert-OH is 2. The fourth-order valence-electron chi connectivity index (χ4n) is 3.61. The molecule has 0 unspecified atom stereocenters. The van der Waals surface area contributed by atoms with E-state index < -0.39 is 42.5 Å². The van der Waals surface area contributed by atoms with Gasteiger partial charge in [0, 0.05) is 19.1 Å². The first kappa shape index (κ1) is 26.2. The molecule has 1 fully saturated rings. The Balaban J connectivity index is 1.55. The lowest BCUT2D eigenvalue weighted by Crippen LogP contribution is -2.43. The number of fused-ring (bicyclic) bond motifs is 1. The molecule has 2 aromatic heterocycles. The molecule has 5 atom stereocenters. The molecule has 0 aromatic carbocycles. The van der Waals surface area contributed by atoms with Gasteiger partial charge in [-0.3, -0.25) is 4.79 Å². The predicted octanol–water partition coefficient (Wildman–Crippen LogP) is -0.160. The van der Waals surface area contributed by atoms with Crippen molar-refractivity contribution in [2.75, 3.05) is 37.6 Å². The van der Waals surface area contributed by atoms with E-state index in [4.69, 9.17) is 19.9 Å². The summed E-state index contributed by atoms with van der Waals surface area (Å²) in [6.07, 6.45) is 0.259. The van der Waals surface area contributed by atoms with Crippen molar-refractivity contribution >= 4 is 40.5 Å². The smallest absolute Gasteiger partial charge is 0.328 e. The molecule has 3 heterocycles. The van der Waals surface area contributed by atoms with Gasteiger partial charge in [0.25, 0.3) is 0 Å². The Hall–Kier alpha value is -2.45. The third-order valence-electron chi connectivity index (χ3n) is 5.33. The number of anilines is 1. The van der Waals surface area contributed by atoms with Crippen LogP contribution in [0.4, 0.5) is 5.82 Å². The second kappa shape index (κ2) is 12.3. The van der Waals surface area contributed by atoms with E-state index in [2.05, 4.69) is 15.3 Å². The van der Waals surface area contributed by atoms with Crippen LogP contribution in [0, 0.1) is 0 Å². The first-order chi connectivity index (χ1) is 16.4. The van der Waals surface area contributed by atoms with E-state index in [1.165, 1.54) is 25.2 Å². The highest BCUT2D eigenvalue weighted by atomic mass is 32.2. The Morgan fingerprint density at radius 3 is 2.88 bits per heavy atom. The van der Waals surface area contributed by atoms with Crippen LogP contribution in [-0.4, -0.2) is 92.8 Å². The molecule has 1 saturated heterocycles. The van der Waals surface area contributed by atoms with Gasteiger partial charge in [-0.2, -0.15) is 11.8 Å². The van der Waals surface area contributed by atoms with Gasteiger partial charge < -0.3 is 40.0 Å². The first-order valence-electron chi connectivity index (χ1n) is 11.0. The molecule has 1 amide bonds. The maximum Gasteiger partial charge on any atom is 0.328 e. The number of rotatable bonds is 12. The van der Waals surface area contributed by atoms with E-state index in [1.807, 2.05) is 6.92 Å². The minimum atomic E-state index is -1.16. The van der Waals surface area contributed by atoms with Gasteiger partial charge in [0.2, 0.25) is 5.91 Å². The van der Waals surface area contributed by atoms with Crippen LogP contribution in [0.5, 0.6) is 0 Å². The summed E-state index contributed by atoms with van der Waals surface area (Å²) in [5, 5.41) is 24.3. The van der Waals surface area contributed by atoms with Crippen LogP contribution in [0.15, 0.2) is 18.6 Å². The number of ether oxygens (including phenoxy) is 3. The van der Waals surface area contributed by atoms with Gasteiger partial charge >= 0.3 is 5.97 Å². The molecule has 0 saturated carbocycles. The van der Waals surface area contributed by atoms with Crippen molar-refractivity contribution in [1.29, 1.82) is 0 Å². The fraction of sp³-hybridized carbons (Fsp3) is 0.619. The number of nitrogens with two attached hydrogens (primary N) is 1. The van der Waals surface area contributed by atoms with Gasteiger partial charge in [-0.25, -0.2) is 14.8 Å². The van der Waals surface area contributed by atoms with Crippen LogP contribution < -0.4 is 11.1 Å². The van der Waals surface area contributed by atoms with Crippen molar-refractivity contribution < 1.29 is 34.0 Å². The zero-order valence-corrected chi connectivity index (χ0v) is 19.9. The van der Waals surface area contributed by atoms with Crippen LogP contribution >= 0.6 is 11.8 Å². The van der Waals surface area contributed by atoms with E-state index in [9.17, 15) is 19.8 Å². The highest BCUT2D eigenvalue weighted by Gasteiger charge is 2.44. The zero-order chi connectivity index (χ0) is 24.7. The standard InChI is InChI=1S/C21H31N5O7S/c1-3-7-32-21(30)13(25-15(27)9-31-2)5-8-34-10-14-16(28)17(29)20(33-14)26-6-4-12-18(22)23-11-24-19(12)26/h4,6,11,13-14,16-17,20,28-29H,3,5,7-10H2,1-2H3,(H,25,27)(H2,22,23,24)/t13-,14+,16+,17+,20+/m0/s1. The first-order valence-corrected chi connectivity index (χ1v) is 12.1. The van der Waals surface area contributed by atoms with Crippen LogP contribution in [0.25, 0.3) is 11.0 Å². The number of methoxy groups -OCH3 is 1. The number of nitrogen functional groups attached to an aromatic ring is 1. The molecule has 3 rings (SSSR count). The summed E-state index contributed by atoms with van der Waals surface area (Å²) < 4.78 is 17.5. The topological polar surface area (TPSA) is 171 Å². The minimum Gasteiger partial charge on any atom is -0.464 e. The van der Waals surface area contributed by atoms with Crippen molar-refractivity contribution in [3.63, 3.8) is 0 Å². The summed E-state index contributed by atoms with van der Waals surface area (Å²) >= 11 is 1.43. The van der Waals surface area contributed by atoms with Gasteiger partial charge in [-0.15, -0.1) is 0 Å². The zero-order valence-electron chi connectivity index (χ0n) is 19.1. The number of amides is 1. The number of esters is 1. The number of hydrogen-bond donors (Lipinski definition) is 4. The predicted molar refractivity (Wildman–Crippen MR) is 125 cm³/mol. The summed E-state index contributed by atoms with van der Waals surface area (Å²) in [5.74, 6) is 0.264. The molecule has 12 nitrogen and oxygen atoms in total. The highest BCUT2D eigenvalue weighted by Crippen LogP contribution is 2.34. The Morgan fingerprint density at radius 1 is 1.35 bits per heavy atom. The second-order valence-electron chi connectivity index (χ2n) is 7.85. The Bertz CT molecular complexity index is 974. The van der Waals surface area contributed by atoms with Crippen molar-refractivity contribution in [2.24, 2.45) is 0 Å². The number of thioether (sulfide) groups is 1. The van der Waals surface area contributed by atoms with E-state index in [-0.39, 0.29) is 13.2 Å². The lowest BCUT2D eigenvalue weighted by Gasteiger charge is -2.18. The number of carbonyl (C=O) groups is 2. The average Bonchev–Trinajstić information content (AvgIpc) is 3.36. The number of hydrogen-bond acceptors (Lipinski definition) is 11. The molecule has 0 aliphatic carbocycles. The fourth-order valence-corrected chi connectivity index (χ4v) is 4.69. The largest absolute Gasteiger partial charge is 0.464 e. The molecule has 0 bridgehead atoms. The molecule has 1 aliphatic rings. The number of aliphatic hydroxyl groups is 2. The molecule has 0 spiro atoms. The average molecular weight is 498 g/mol. The molecule has 2 aromatic rings. The van der Waals surface area contributed by atoms with Crippen molar-refractivity contribution in [1.82, 2.24) is 19.9 Å². The van der Waals surface area contributed by atoms with Crippen LogP contribution in [0.1, 0.15) is 26.0 Å². The lowest BCUT2D eigenvalue weighted by atomic mass is 10.1. The molecule has 13 heteroatoms. The Morgan fingerprint density at radius 2 is 2.15 bits per heavy atom. The molecule has 5 N–H and O–H groups in total. The van der Waals surface area contributed by atoms with E-state index in [1.54, 1.807) is 16.8 Å². The van der Waals surface area contributed by atoms with E-state index in [0.29, 0.717) is 41.2 Å². The molecule has 188 valence electrons. The molecule has 0 radical (unpaired) electrons. The van der Waals surface area contributed by atoms with Gasteiger partial charge in [-0.1, -0.05) is 6.92 Å². The van der Waals surface area contributed by atoms with Crippen LogP contribution in [0.2, 0.25) is 0 Å². The van der Waals surface area contributed by atoms with Crippen LogP contribution in [0.3, 0.4) is 0 Å². The number of carbonyl (C=O) groups excluding carboxylic acids is 2. The van der Waals surface area contributed by atoms with E-state index in [0.717, 1.165) is 0 Å². The van der Waals surface area contributed by atoms with Crippen molar-refractivity contribution in [3.8, 4) is 0 Å². The number of nitrogens with zero attached hydrogens (tertiary/aromatic N) is 3. The van der Waals surface area contributed by atoms with Gasteiger partial charge in [0.05, 0.1) is 18.1 Å². The third kappa shape index (κ3) is 6.16. The van der Waals surface area contributed by atoms with Crippen molar-refractivity contribution in [3.05, 3.63) is 18.6 Å². The van der Waals surface area contributed by atoms with E-state index >= 15 is 0 Å². The van der Waals surface area contributed by atoms with Gasteiger partial charge in [0.15, 0.2) is 6.23 Å². The maximum atomic E-state index is 12.3. The Labute approximate surface area is 201 Å². The normalized spacial score (nSPS) is 23.2.